The molecule has 0 saturated carbocycles. The van der Waals surface area contributed by atoms with E-state index in [2.05, 4.69) is 0 Å². The van der Waals surface area contributed by atoms with E-state index in [1.165, 1.54) is 0 Å². The first kappa shape index (κ1) is 19.2. The van der Waals surface area contributed by atoms with Gasteiger partial charge in [0.2, 0.25) is 0 Å². The zero-order chi connectivity index (χ0) is 20.9. The molecule has 30 heavy (non-hydrogen) atoms. The number of ether oxygens (including phenoxy) is 2. The molecule has 0 aliphatic heterocycles. The number of nitrogens with two attached hydrogens (primary N) is 2. The van der Waals surface area contributed by atoms with Crippen molar-refractivity contribution in [1.29, 1.82) is 0 Å². The van der Waals surface area contributed by atoms with Gasteiger partial charge in [-0.2, -0.15) is 0 Å². The van der Waals surface area contributed by atoms with E-state index >= 15 is 0 Å². The molecule has 150 valence electrons. The number of benzene rings is 4. The van der Waals surface area contributed by atoms with Crippen LogP contribution in [-0.4, -0.2) is 0 Å². The fourth-order valence-corrected chi connectivity index (χ4v) is 2.86. The van der Waals surface area contributed by atoms with E-state index < -0.39 is 0 Å². The van der Waals surface area contributed by atoms with Crippen LogP contribution in [-0.2, 0) is 0 Å². The first-order valence-corrected chi connectivity index (χ1v) is 9.32. The molecule has 0 saturated heterocycles. The molecule has 4 aromatic rings. The van der Waals surface area contributed by atoms with Crippen LogP contribution in [0.15, 0.2) is 97.1 Å². The Kier molecular flexibility index (Phi) is 5.41. The van der Waals surface area contributed by atoms with Crippen molar-refractivity contribution in [3.8, 4) is 23.0 Å². The van der Waals surface area contributed by atoms with Crippen LogP contribution in [0.25, 0.3) is 0 Å². The Morgan fingerprint density at radius 2 is 1.10 bits per heavy atom. The number of para-hydroxylation sites is 1. The fourth-order valence-electron chi connectivity index (χ4n) is 2.86. The minimum absolute atomic E-state index is 0.303. The van der Waals surface area contributed by atoms with Crippen LogP contribution in [0.4, 0.5) is 22.7 Å². The summed E-state index contributed by atoms with van der Waals surface area (Å²) in [5.74, 6) is 2.74. The number of hydrogen-bond acceptors (Lipinski definition) is 6. The zero-order valence-corrected chi connectivity index (χ0v) is 16.1. The van der Waals surface area contributed by atoms with Gasteiger partial charge in [0.05, 0.1) is 11.4 Å². The maximum Gasteiger partial charge on any atom is 0.127 e. The van der Waals surface area contributed by atoms with E-state index in [-0.39, 0.29) is 0 Å². The molecule has 4 rings (SSSR count). The van der Waals surface area contributed by atoms with E-state index in [1.54, 1.807) is 42.5 Å². The van der Waals surface area contributed by atoms with Crippen LogP contribution in [0.3, 0.4) is 0 Å². The highest BCUT2D eigenvalue weighted by atomic mass is 16.5. The van der Waals surface area contributed by atoms with Crippen molar-refractivity contribution in [2.24, 2.45) is 0 Å². The largest absolute Gasteiger partial charge is 0.754 e. The van der Waals surface area contributed by atoms with Gasteiger partial charge < -0.3 is 31.2 Å². The number of rotatable bonds is 6. The third-order valence-corrected chi connectivity index (χ3v) is 4.38. The highest BCUT2D eigenvalue weighted by Gasteiger charge is 2.06. The van der Waals surface area contributed by atoms with Crippen molar-refractivity contribution >= 4 is 22.7 Å². The third-order valence-electron chi connectivity index (χ3n) is 4.38. The summed E-state index contributed by atoms with van der Waals surface area (Å²) in [5.41, 5.74) is 13.2. The molecule has 4 aromatic carbocycles. The van der Waals surface area contributed by atoms with E-state index in [1.807, 2.05) is 54.6 Å². The maximum absolute atomic E-state index is 12.6. The summed E-state index contributed by atoms with van der Waals surface area (Å²) >= 11 is 0. The summed E-state index contributed by atoms with van der Waals surface area (Å²) < 4.78 is 11.6. The molecular formula is C24H20N3O3-. The Balaban J connectivity index is 1.42. The van der Waals surface area contributed by atoms with Crippen molar-refractivity contribution in [3.05, 3.63) is 102 Å². The van der Waals surface area contributed by atoms with Crippen molar-refractivity contribution in [2.75, 3.05) is 16.5 Å². The van der Waals surface area contributed by atoms with E-state index in [4.69, 9.17) is 20.9 Å². The number of nitrogen functional groups attached to an aromatic ring is 2. The molecule has 0 amide bonds. The highest BCUT2D eigenvalue weighted by Crippen LogP contribution is 2.33. The first-order chi connectivity index (χ1) is 14.6. The standard InChI is InChI=1S/C24H20N3O3/c25-17-6-15-23(26)24(16-17)27(28)18-7-9-20(10-8-18)30-22-13-11-21(12-14-22)29-19-4-2-1-3-5-19/h1-16H,25-26H2/q-1. The summed E-state index contributed by atoms with van der Waals surface area (Å²) in [6.07, 6.45) is 0. The van der Waals surface area contributed by atoms with E-state index in [0.717, 1.165) is 10.8 Å². The molecule has 0 bridgehead atoms. The van der Waals surface area contributed by atoms with Gasteiger partial charge in [-0.05, 0) is 78.9 Å². The van der Waals surface area contributed by atoms with Crippen LogP contribution >= 0.6 is 0 Å². The van der Waals surface area contributed by atoms with Crippen molar-refractivity contribution in [2.45, 2.75) is 0 Å². The molecule has 0 atom stereocenters. The van der Waals surface area contributed by atoms with Gasteiger partial charge in [-0.1, -0.05) is 18.2 Å². The monoisotopic (exact) mass is 398 g/mol. The van der Waals surface area contributed by atoms with Gasteiger partial charge in [-0.15, -0.1) is 0 Å². The number of hydrogen-bond donors (Lipinski definition) is 2. The summed E-state index contributed by atoms with van der Waals surface area (Å²) in [4.78, 5) is 0. The normalized spacial score (nSPS) is 10.4. The lowest BCUT2D eigenvalue weighted by Crippen LogP contribution is -2.09. The topological polar surface area (TPSA) is 96.8 Å². The lowest BCUT2D eigenvalue weighted by molar-refractivity contribution is 0.469. The molecule has 0 fully saturated rings. The van der Waals surface area contributed by atoms with Crippen LogP contribution in [0.5, 0.6) is 23.0 Å². The molecule has 4 N–H and O–H groups in total. The second kappa shape index (κ2) is 8.46. The van der Waals surface area contributed by atoms with E-state index in [9.17, 15) is 5.21 Å². The summed E-state index contributed by atoms with van der Waals surface area (Å²) in [6.45, 7) is 0. The average Bonchev–Trinajstić information content (AvgIpc) is 2.77. The molecular weight excluding hydrogens is 378 g/mol. The zero-order valence-electron chi connectivity index (χ0n) is 16.1. The highest BCUT2D eigenvalue weighted by molar-refractivity contribution is 5.78. The maximum atomic E-state index is 12.6. The van der Waals surface area contributed by atoms with Crippen LogP contribution < -0.4 is 26.0 Å². The van der Waals surface area contributed by atoms with Crippen molar-refractivity contribution in [1.82, 2.24) is 0 Å². The minimum atomic E-state index is 0.303. The van der Waals surface area contributed by atoms with Gasteiger partial charge in [-0.25, -0.2) is 0 Å². The predicted octanol–water partition coefficient (Wildman–Crippen LogP) is 6.07. The van der Waals surface area contributed by atoms with Gasteiger partial charge >= 0.3 is 0 Å². The van der Waals surface area contributed by atoms with Crippen molar-refractivity contribution < 1.29 is 9.47 Å². The number of nitrogens with zero attached hydrogens (tertiary/aromatic N) is 1. The molecule has 0 heterocycles. The fraction of sp³-hybridized carbons (Fsp3) is 0. The van der Waals surface area contributed by atoms with Crippen LogP contribution in [0, 0.1) is 5.21 Å². The Hall–Kier alpha value is -4.16. The Morgan fingerprint density at radius 1 is 0.600 bits per heavy atom. The van der Waals surface area contributed by atoms with Crippen LogP contribution in [0.1, 0.15) is 0 Å². The van der Waals surface area contributed by atoms with Gasteiger partial charge in [0.15, 0.2) is 0 Å². The molecule has 0 spiro atoms. The van der Waals surface area contributed by atoms with Gasteiger partial charge in [0.1, 0.15) is 23.0 Å². The van der Waals surface area contributed by atoms with Crippen LogP contribution in [0.2, 0.25) is 0 Å². The molecule has 0 unspecified atom stereocenters. The third kappa shape index (κ3) is 4.45. The lowest BCUT2D eigenvalue weighted by atomic mass is 10.2. The SMILES string of the molecule is Nc1ccc(N)c(N([O-])c2ccc(Oc3ccc(Oc4ccccc4)cc3)cc2)c1. The molecule has 0 aromatic heterocycles. The Labute approximate surface area is 174 Å². The Morgan fingerprint density at radius 3 is 1.67 bits per heavy atom. The lowest BCUT2D eigenvalue weighted by Gasteiger charge is -2.32. The molecule has 0 aliphatic carbocycles. The summed E-state index contributed by atoms with van der Waals surface area (Å²) in [6, 6.07) is 28.4. The second-order valence-electron chi connectivity index (χ2n) is 6.60. The second-order valence-corrected chi connectivity index (χ2v) is 6.60. The molecule has 6 heteroatoms. The van der Waals surface area contributed by atoms with Gasteiger partial charge in [0.25, 0.3) is 0 Å². The molecule has 0 aliphatic rings. The van der Waals surface area contributed by atoms with Gasteiger partial charge in [-0.3, -0.25) is 0 Å². The Bertz CT molecular complexity index is 1110. The first-order valence-electron chi connectivity index (χ1n) is 9.32. The minimum Gasteiger partial charge on any atom is -0.754 e. The predicted molar refractivity (Wildman–Crippen MR) is 120 cm³/mol. The van der Waals surface area contributed by atoms with Gasteiger partial charge in [0, 0.05) is 11.4 Å². The van der Waals surface area contributed by atoms with Crippen molar-refractivity contribution in [3.63, 3.8) is 0 Å². The number of anilines is 4. The smallest absolute Gasteiger partial charge is 0.127 e. The molecule has 6 nitrogen and oxygen atoms in total. The molecule has 0 radical (unpaired) electrons. The summed E-state index contributed by atoms with van der Waals surface area (Å²) in [5, 5.41) is 13.3. The summed E-state index contributed by atoms with van der Waals surface area (Å²) in [7, 11) is 0. The van der Waals surface area contributed by atoms with E-state index in [0.29, 0.717) is 40.0 Å². The average molecular weight is 398 g/mol. The quantitative estimate of drug-likeness (QED) is 0.302.